The lowest BCUT2D eigenvalue weighted by Gasteiger charge is -2.04. The van der Waals surface area contributed by atoms with Crippen LogP contribution in [0.1, 0.15) is 11.1 Å². The molecule has 0 radical (unpaired) electrons. The quantitative estimate of drug-likeness (QED) is 0.444. The molecule has 0 atom stereocenters. The van der Waals surface area contributed by atoms with Crippen molar-refractivity contribution in [1.82, 2.24) is 0 Å². The van der Waals surface area contributed by atoms with Crippen LogP contribution in [0.5, 0.6) is 0 Å². The molecule has 0 saturated heterocycles. The summed E-state index contributed by atoms with van der Waals surface area (Å²) in [7, 11) is -4.83. The predicted molar refractivity (Wildman–Crippen MR) is 50.9 cm³/mol. The molecule has 82 valence electrons. The number of benzene rings is 1. The van der Waals surface area contributed by atoms with Crippen molar-refractivity contribution in [2.24, 2.45) is 0 Å². The zero-order chi connectivity index (χ0) is 11.8. The Labute approximate surface area is 85.9 Å². The van der Waals surface area contributed by atoms with Crippen LogP contribution in [0.4, 0.5) is 9.57 Å². The van der Waals surface area contributed by atoms with Crippen LogP contribution in [0.2, 0.25) is 0 Å². The molecule has 5 nitrogen and oxygen atoms in total. The minimum Gasteiger partial charge on any atom is -0.258 e. The fraction of sp³-hybridized carbons (Fsp3) is 0.250. The highest BCUT2D eigenvalue weighted by atomic mass is 32.3. The minimum absolute atomic E-state index is 0.0317. The number of nitro groups is 1. The molecule has 15 heavy (non-hydrogen) atoms. The molecule has 0 aromatic heterocycles. The van der Waals surface area contributed by atoms with Crippen molar-refractivity contribution < 1.29 is 17.2 Å². The Bertz CT molecular complexity index is 500. The van der Waals surface area contributed by atoms with Crippen LogP contribution in [-0.2, 0) is 10.2 Å². The second-order valence-corrected chi connectivity index (χ2v) is 4.39. The number of hydrogen-bond donors (Lipinski definition) is 0. The zero-order valence-corrected chi connectivity index (χ0v) is 8.84. The Hall–Kier alpha value is -1.50. The first kappa shape index (κ1) is 11.6. The van der Waals surface area contributed by atoms with Crippen molar-refractivity contribution in [3.63, 3.8) is 0 Å². The molecule has 1 aromatic carbocycles. The summed E-state index contributed by atoms with van der Waals surface area (Å²) in [6.07, 6.45) is 0. The third-order valence-corrected chi connectivity index (χ3v) is 3.03. The molecule has 0 aliphatic heterocycles. The molecule has 0 saturated carbocycles. The summed E-state index contributed by atoms with van der Waals surface area (Å²) in [5, 5.41) is 10.4. The van der Waals surface area contributed by atoms with Gasteiger partial charge in [-0.2, -0.15) is 8.42 Å². The van der Waals surface area contributed by atoms with Gasteiger partial charge in [-0.25, -0.2) is 0 Å². The van der Waals surface area contributed by atoms with E-state index in [2.05, 4.69) is 0 Å². The van der Waals surface area contributed by atoms with Gasteiger partial charge in [-0.3, -0.25) is 10.1 Å². The SMILES string of the molecule is Cc1cc([N+](=O)[O-])cc(C)c1S(=O)(=O)F. The van der Waals surface area contributed by atoms with E-state index in [0.29, 0.717) is 0 Å². The molecule has 0 fully saturated rings. The largest absolute Gasteiger partial charge is 0.332 e. The molecule has 1 rings (SSSR count). The van der Waals surface area contributed by atoms with Crippen molar-refractivity contribution in [3.05, 3.63) is 33.4 Å². The number of hydrogen-bond acceptors (Lipinski definition) is 4. The molecule has 7 heteroatoms. The van der Waals surface area contributed by atoms with E-state index < -0.39 is 20.0 Å². The zero-order valence-electron chi connectivity index (χ0n) is 8.02. The van der Waals surface area contributed by atoms with Gasteiger partial charge in [-0.05, 0) is 25.0 Å². The lowest BCUT2D eigenvalue weighted by atomic mass is 10.1. The van der Waals surface area contributed by atoms with Crippen LogP contribution in [0, 0.1) is 24.0 Å². The highest BCUT2D eigenvalue weighted by Gasteiger charge is 2.21. The van der Waals surface area contributed by atoms with Gasteiger partial charge in [0.25, 0.3) is 5.69 Å². The van der Waals surface area contributed by atoms with E-state index in [1.165, 1.54) is 13.8 Å². The van der Waals surface area contributed by atoms with Gasteiger partial charge in [-0.15, -0.1) is 3.89 Å². The fourth-order valence-corrected chi connectivity index (χ4v) is 2.30. The number of halogens is 1. The Kier molecular flexibility index (Phi) is 2.76. The number of non-ortho nitro benzene ring substituents is 1. The van der Waals surface area contributed by atoms with Crippen LogP contribution < -0.4 is 0 Å². The van der Waals surface area contributed by atoms with Crippen LogP contribution in [0.25, 0.3) is 0 Å². The molecule has 1 aromatic rings. The molecule has 0 heterocycles. The molecule has 0 aliphatic carbocycles. The Balaban J connectivity index is 3.55. The maximum absolute atomic E-state index is 12.8. The lowest BCUT2D eigenvalue weighted by molar-refractivity contribution is -0.385. The smallest absolute Gasteiger partial charge is 0.258 e. The maximum Gasteiger partial charge on any atom is 0.332 e. The molecule has 0 amide bonds. The molecule has 0 bridgehead atoms. The number of rotatable bonds is 2. The third kappa shape index (κ3) is 2.30. The van der Waals surface area contributed by atoms with E-state index in [-0.39, 0.29) is 16.8 Å². The standard InChI is InChI=1S/C8H8FNO4S/c1-5-3-7(10(11)12)4-6(2)8(5)15(9,13)14/h3-4H,1-2H3. The monoisotopic (exact) mass is 233 g/mol. The van der Waals surface area contributed by atoms with Crippen molar-refractivity contribution in [2.75, 3.05) is 0 Å². The Morgan fingerprint density at radius 2 is 1.67 bits per heavy atom. The highest BCUT2D eigenvalue weighted by molar-refractivity contribution is 7.86. The minimum atomic E-state index is -4.83. The normalized spacial score (nSPS) is 11.4. The van der Waals surface area contributed by atoms with Crippen molar-refractivity contribution in [2.45, 2.75) is 18.7 Å². The summed E-state index contributed by atoms with van der Waals surface area (Å²) < 4.78 is 34.2. The summed E-state index contributed by atoms with van der Waals surface area (Å²) in [5.41, 5.74) is -0.189. The van der Waals surface area contributed by atoms with Crippen LogP contribution >= 0.6 is 0 Å². The number of aryl methyl sites for hydroxylation is 2. The summed E-state index contributed by atoms with van der Waals surface area (Å²) in [6, 6.07) is 2.05. The Morgan fingerprint density at radius 3 is 1.93 bits per heavy atom. The van der Waals surface area contributed by atoms with Gasteiger partial charge in [0.1, 0.15) is 4.90 Å². The van der Waals surface area contributed by atoms with Crippen molar-refractivity contribution in [3.8, 4) is 0 Å². The van der Waals surface area contributed by atoms with E-state index in [0.717, 1.165) is 12.1 Å². The number of nitrogens with zero attached hydrogens (tertiary/aromatic N) is 1. The first-order valence-corrected chi connectivity index (χ1v) is 5.32. The maximum atomic E-state index is 12.8. The van der Waals surface area contributed by atoms with Gasteiger partial charge in [0.15, 0.2) is 0 Å². The fourth-order valence-electron chi connectivity index (χ4n) is 1.42. The van der Waals surface area contributed by atoms with Crippen LogP contribution in [0.3, 0.4) is 0 Å². The van der Waals surface area contributed by atoms with E-state index in [9.17, 15) is 22.4 Å². The summed E-state index contributed by atoms with van der Waals surface area (Å²) >= 11 is 0. The van der Waals surface area contributed by atoms with Crippen molar-refractivity contribution >= 4 is 15.9 Å². The summed E-state index contributed by atoms with van der Waals surface area (Å²) in [4.78, 5) is 9.28. The van der Waals surface area contributed by atoms with Gasteiger partial charge in [0.2, 0.25) is 0 Å². The van der Waals surface area contributed by atoms with Gasteiger partial charge in [-0.1, -0.05) is 0 Å². The van der Waals surface area contributed by atoms with Gasteiger partial charge in [0.05, 0.1) is 4.92 Å². The third-order valence-electron chi connectivity index (χ3n) is 1.90. The number of nitro benzene ring substituents is 1. The molecular weight excluding hydrogens is 225 g/mol. The average Bonchev–Trinajstić information content (AvgIpc) is 1.99. The lowest BCUT2D eigenvalue weighted by Crippen LogP contribution is -2.01. The van der Waals surface area contributed by atoms with Crippen LogP contribution in [0.15, 0.2) is 17.0 Å². The van der Waals surface area contributed by atoms with E-state index in [1.807, 2.05) is 0 Å². The average molecular weight is 233 g/mol. The predicted octanol–water partition coefficient (Wildman–Crippen LogP) is 1.87. The Morgan fingerprint density at radius 1 is 1.27 bits per heavy atom. The molecular formula is C8H8FNO4S. The second-order valence-electron chi connectivity index (χ2n) is 3.10. The van der Waals surface area contributed by atoms with Gasteiger partial charge in [0, 0.05) is 12.1 Å². The van der Waals surface area contributed by atoms with Crippen LogP contribution in [-0.4, -0.2) is 13.3 Å². The summed E-state index contributed by atoms with van der Waals surface area (Å²) in [6.45, 7) is 2.62. The van der Waals surface area contributed by atoms with Crippen molar-refractivity contribution in [1.29, 1.82) is 0 Å². The van der Waals surface area contributed by atoms with E-state index in [4.69, 9.17) is 0 Å². The van der Waals surface area contributed by atoms with E-state index in [1.54, 1.807) is 0 Å². The first-order valence-electron chi connectivity index (χ1n) is 3.94. The summed E-state index contributed by atoms with van der Waals surface area (Å²) in [5.74, 6) is 0. The molecule has 0 unspecified atom stereocenters. The topological polar surface area (TPSA) is 77.3 Å². The van der Waals surface area contributed by atoms with E-state index >= 15 is 0 Å². The van der Waals surface area contributed by atoms with Gasteiger partial charge < -0.3 is 0 Å². The molecule has 0 spiro atoms. The molecule has 0 N–H and O–H groups in total. The highest BCUT2D eigenvalue weighted by Crippen LogP contribution is 2.26. The first-order chi connectivity index (χ1) is 6.73. The van der Waals surface area contributed by atoms with Gasteiger partial charge >= 0.3 is 10.2 Å². The second kappa shape index (κ2) is 3.58. The molecule has 0 aliphatic rings.